The van der Waals surface area contributed by atoms with E-state index < -0.39 is 0 Å². The van der Waals surface area contributed by atoms with Crippen molar-refractivity contribution in [1.29, 1.82) is 0 Å². The number of aromatic amines is 1. The zero-order valence-electron chi connectivity index (χ0n) is 10.5. The molecule has 0 saturated carbocycles. The molecule has 0 aliphatic rings. The second kappa shape index (κ2) is 5.32. The Bertz CT molecular complexity index is 844. The maximum atomic E-state index is 11.7. The Kier molecular flexibility index (Phi) is 3.52. The predicted molar refractivity (Wildman–Crippen MR) is 83.8 cm³/mol. The first-order chi connectivity index (χ1) is 9.69. The summed E-state index contributed by atoms with van der Waals surface area (Å²) in [5.74, 6) is 0. The van der Waals surface area contributed by atoms with Gasteiger partial charge in [-0.05, 0) is 29.7 Å². The normalized spacial score (nSPS) is 11.1. The number of thiophene rings is 1. The fourth-order valence-electron chi connectivity index (χ4n) is 2.15. The van der Waals surface area contributed by atoms with Gasteiger partial charge in [-0.2, -0.15) is 0 Å². The van der Waals surface area contributed by atoms with Crippen molar-refractivity contribution in [3.05, 3.63) is 51.5 Å². The van der Waals surface area contributed by atoms with Crippen LogP contribution in [0.4, 0.5) is 0 Å². The fourth-order valence-corrected chi connectivity index (χ4v) is 3.53. The third-order valence-corrected chi connectivity index (χ3v) is 4.50. The van der Waals surface area contributed by atoms with Gasteiger partial charge in [-0.25, -0.2) is 0 Å². The van der Waals surface area contributed by atoms with Crippen molar-refractivity contribution in [2.75, 3.05) is 6.61 Å². The van der Waals surface area contributed by atoms with Crippen LogP contribution in [-0.2, 0) is 6.54 Å². The van der Waals surface area contributed by atoms with Gasteiger partial charge in [0.1, 0.15) is 0 Å². The quantitative estimate of drug-likeness (QED) is 0.732. The van der Waals surface area contributed by atoms with E-state index in [1.54, 1.807) is 15.9 Å². The monoisotopic (exact) mass is 304 g/mol. The summed E-state index contributed by atoms with van der Waals surface area (Å²) in [5, 5.41) is 10.3. The number of aliphatic hydroxyl groups excluding tert-OH is 1. The predicted octanol–water partition coefficient (Wildman–Crippen LogP) is 2.78. The summed E-state index contributed by atoms with van der Waals surface area (Å²) in [5.41, 5.74) is 0.519. The molecule has 3 aromatic rings. The number of fused-ring (bicyclic) bond motifs is 1. The van der Waals surface area contributed by atoms with E-state index in [-0.39, 0.29) is 12.2 Å². The van der Waals surface area contributed by atoms with Crippen LogP contribution < -0.4 is 5.56 Å². The second-order valence-electron chi connectivity index (χ2n) is 4.35. The van der Waals surface area contributed by atoms with E-state index >= 15 is 0 Å². The fraction of sp³-hybridized carbons (Fsp3) is 0.143. The van der Waals surface area contributed by atoms with Crippen molar-refractivity contribution in [2.45, 2.75) is 6.54 Å². The molecule has 1 aromatic carbocycles. The first-order valence-electron chi connectivity index (χ1n) is 6.13. The molecule has 0 saturated heterocycles. The molecule has 102 valence electrons. The molecule has 0 aliphatic heterocycles. The van der Waals surface area contributed by atoms with Crippen molar-refractivity contribution >= 4 is 33.6 Å². The summed E-state index contributed by atoms with van der Waals surface area (Å²) in [6.45, 7) is 0.331. The Balaban J connectivity index is 2.27. The van der Waals surface area contributed by atoms with Gasteiger partial charge < -0.3 is 9.67 Å². The zero-order chi connectivity index (χ0) is 14.1. The van der Waals surface area contributed by atoms with E-state index in [1.165, 1.54) is 6.07 Å². The SMILES string of the molecule is O=c1cc(-c2cc3ccccc3s2)n(CCO)c(=S)[nH]1. The average molecular weight is 304 g/mol. The molecule has 0 aliphatic carbocycles. The summed E-state index contributed by atoms with van der Waals surface area (Å²) < 4.78 is 3.24. The smallest absolute Gasteiger partial charge is 0.252 e. The van der Waals surface area contributed by atoms with Crippen LogP contribution in [0.2, 0.25) is 0 Å². The number of benzene rings is 1. The minimum atomic E-state index is -0.225. The van der Waals surface area contributed by atoms with Gasteiger partial charge in [0.2, 0.25) is 0 Å². The first-order valence-corrected chi connectivity index (χ1v) is 7.35. The van der Waals surface area contributed by atoms with Gasteiger partial charge in [0, 0.05) is 17.3 Å². The number of rotatable bonds is 3. The van der Waals surface area contributed by atoms with Crippen LogP contribution in [0, 0.1) is 4.77 Å². The summed E-state index contributed by atoms with van der Waals surface area (Å²) in [6.07, 6.45) is 0. The lowest BCUT2D eigenvalue weighted by molar-refractivity contribution is 0.275. The summed E-state index contributed by atoms with van der Waals surface area (Å²) in [4.78, 5) is 15.2. The molecular weight excluding hydrogens is 292 g/mol. The number of nitrogens with one attached hydrogen (secondary N) is 1. The minimum absolute atomic E-state index is 0.0295. The maximum absolute atomic E-state index is 11.7. The summed E-state index contributed by atoms with van der Waals surface area (Å²) in [7, 11) is 0. The van der Waals surface area contributed by atoms with Gasteiger partial charge in [-0.15, -0.1) is 11.3 Å². The third-order valence-electron chi connectivity index (χ3n) is 3.04. The molecule has 20 heavy (non-hydrogen) atoms. The Labute approximate surface area is 124 Å². The Hall–Kier alpha value is -1.76. The molecular formula is C14H12N2O2S2. The highest BCUT2D eigenvalue weighted by Crippen LogP contribution is 2.32. The number of hydrogen-bond acceptors (Lipinski definition) is 4. The number of aliphatic hydroxyl groups is 1. The van der Waals surface area contributed by atoms with Crippen LogP contribution >= 0.6 is 23.6 Å². The maximum Gasteiger partial charge on any atom is 0.252 e. The van der Waals surface area contributed by atoms with Crippen LogP contribution in [0.3, 0.4) is 0 Å². The molecule has 0 amide bonds. The van der Waals surface area contributed by atoms with E-state index in [4.69, 9.17) is 17.3 Å². The van der Waals surface area contributed by atoms with Gasteiger partial charge in [0.15, 0.2) is 4.77 Å². The van der Waals surface area contributed by atoms with Gasteiger partial charge >= 0.3 is 0 Å². The molecule has 4 nitrogen and oxygen atoms in total. The molecule has 0 radical (unpaired) electrons. The molecule has 6 heteroatoms. The number of H-pyrrole nitrogens is 1. The molecule has 2 aromatic heterocycles. The Morgan fingerprint density at radius 1 is 1.30 bits per heavy atom. The van der Waals surface area contributed by atoms with E-state index in [0.29, 0.717) is 11.3 Å². The van der Waals surface area contributed by atoms with Gasteiger partial charge in [0.25, 0.3) is 5.56 Å². The van der Waals surface area contributed by atoms with Crippen LogP contribution in [0.25, 0.3) is 20.7 Å². The van der Waals surface area contributed by atoms with Gasteiger partial charge in [0.05, 0.1) is 17.2 Å². The summed E-state index contributed by atoms with van der Waals surface area (Å²) >= 11 is 6.78. The Morgan fingerprint density at radius 3 is 2.85 bits per heavy atom. The van der Waals surface area contributed by atoms with E-state index in [9.17, 15) is 4.79 Å². The molecule has 0 bridgehead atoms. The highest BCUT2D eigenvalue weighted by atomic mass is 32.1. The topological polar surface area (TPSA) is 58.0 Å². The van der Waals surface area contributed by atoms with E-state index in [1.807, 2.05) is 30.3 Å². The third kappa shape index (κ3) is 2.33. The Morgan fingerprint density at radius 2 is 2.10 bits per heavy atom. The lowest BCUT2D eigenvalue weighted by atomic mass is 10.2. The second-order valence-corrected chi connectivity index (χ2v) is 5.82. The van der Waals surface area contributed by atoms with Crippen molar-refractivity contribution < 1.29 is 5.11 Å². The standard InChI is InChI=1S/C14H12N2O2S2/c17-6-5-16-10(8-13(18)15-14(16)19)12-7-9-3-1-2-4-11(9)20-12/h1-4,7-8,17H,5-6H2,(H,15,18,19). The number of hydrogen-bond donors (Lipinski definition) is 2. The molecule has 0 fully saturated rings. The van der Waals surface area contributed by atoms with E-state index in [0.717, 1.165) is 20.7 Å². The van der Waals surface area contributed by atoms with E-state index in [2.05, 4.69) is 4.98 Å². The molecule has 0 atom stereocenters. The van der Waals surface area contributed by atoms with Gasteiger partial charge in [-0.3, -0.25) is 9.78 Å². The first kappa shape index (κ1) is 13.2. The minimum Gasteiger partial charge on any atom is -0.395 e. The largest absolute Gasteiger partial charge is 0.395 e. The molecule has 0 spiro atoms. The molecule has 0 unspecified atom stereocenters. The lowest BCUT2D eigenvalue weighted by Crippen LogP contribution is -2.15. The summed E-state index contributed by atoms with van der Waals surface area (Å²) in [6, 6.07) is 11.6. The van der Waals surface area contributed by atoms with Crippen LogP contribution in [0.15, 0.2) is 41.2 Å². The van der Waals surface area contributed by atoms with Crippen molar-refractivity contribution in [2.24, 2.45) is 0 Å². The zero-order valence-corrected chi connectivity index (χ0v) is 12.1. The lowest BCUT2D eigenvalue weighted by Gasteiger charge is -2.10. The van der Waals surface area contributed by atoms with Crippen LogP contribution in [-0.4, -0.2) is 21.3 Å². The highest BCUT2D eigenvalue weighted by Gasteiger charge is 2.10. The van der Waals surface area contributed by atoms with Crippen molar-refractivity contribution in [1.82, 2.24) is 9.55 Å². The van der Waals surface area contributed by atoms with Gasteiger partial charge in [-0.1, -0.05) is 18.2 Å². The van der Waals surface area contributed by atoms with Crippen LogP contribution in [0.5, 0.6) is 0 Å². The molecule has 2 N–H and O–H groups in total. The highest BCUT2D eigenvalue weighted by molar-refractivity contribution is 7.71. The van der Waals surface area contributed by atoms with Crippen LogP contribution in [0.1, 0.15) is 0 Å². The molecule has 3 rings (SSSR count). The molecule has 2 heterocycles. The average Bonchev–Trinajstić information content (AvgIpc) is 2.85. The number of nitrogens with zero attached hydrogens (tertiary/aromatic N) is 1. The van der Waals surface area contributed by atoms with Crippen molar-refractivity contribution in [3.8, 4) is 10.6 Å². The number of aromatic nitrogens is 2. The van der Waals surface area contributed by atoms with Crippen molar-refractivity contribution in [3.63, 3.8) is 0 Å².